The van der Waals surface area contributed by atoms with Crippen molar-refractivity contribution in [3.05, 3.63) is 27.7 Å². The Hall–Kier alpha value is -0.290. The lowest BCUT2D eigenvalue weighted by Gasteiger charge is -2.26. The van der Waals surface area contributed by atoms with Crippen LogP contribution >= 0.6 is 27.5 Å². The molecule has 0 amide bonds. The fourth-order valence-electron chi connectivity index (χ4n) is 2.52. The molecule has 5 heteroatoms. The summed E-state index contributed by atoms with van der Waals surface area (Å²) in [5.41, 5.74) is 0. The number of ether oxygens (including phenoxy) is 1. The second-order valence-electron chi connectivity index (χ2n) is 5.24. The van der Waals surface area contributed by atoms with Gasteiger partial charge < -0.3 is 10.1 Å². The number of nitrogens with zero attached hydrogens (tertiary/aromatic N) is 1. The number of benzene rings is 1. The van der Waals surface area contributed by atoms with Crippen LogP contribution in [-0.2, 0) is 0 Å². The lowest BCUT2D eigenvalue weighted by molar-refractivity contribution is 0.180. The van der Waals surface area contributed by atoms with E-state index in [0.717, 1.165) is 29.9 Å². The summed E-state index contributed by atoms with van der Waals surface area (Å²) in [6.07, 6.45) is 3.76. The molecular formula is C15H22BrClN2O. The summed E-state index contributed by atoms with van der Waals surface area (Å²) < 4.78 is 6.73. The van der Waals surface area contributed by atoms with E-state index in [4.69, 9.17) is 16.3 Å². The largest absolute Gasteiger partial charge is 0.491 e. The van der Waals surface area contributed by atoms with E-state index < -0.39 is 0 Å². The number of likely N-dealkylation sites (N-methyl/N-ethyl adjacent to an activating group) is 1. The molecular weight excluding hydrogens is 340 g/mol. The summed E-state index contributed by atoms with van der Waals surface area (Å²) in [5.74, 6) is 0.852. The van der Waals surface area contributed by atoms with Gasteiger partial charge in [-0.3, -0.25) is 4.90 Å². The van der Waals surface area contributed by atoms with E-state index in [-0.39, 0.29) is 0 Å². The molecule has 1 aromatic carbocycles. The van der Waals surface area contributed by atoms with Gasteiger partial charge in [0.25, 0.3) is 0 Å². The molecule has 0 aliphatic carbocycles. The van der Waals surface area contributed by atoms with E-state index in [1.54, 1.807) is 0 Å². The predicted molar refractivity (Wildman–Crippen MR) is 87.8 cm³/mol. The standard InChI is InChI=1S/C15H22BrClN2O/c1-19(13-3-2-7-18-8-6-13)9-10-20-15-5-4-12(17)11-14(15)16/h4-5,11,13,18H,2-3,6-10H2,1H3. The number of hydrogen-bond acceptors (Lipinski definition) is 3. The molecule has 3 nitrogen and oxygen atoms in total. The Labute approximate surface area is 134 Å². The van der Waals surface area contributed by atoms with Gasteiger partial charge in [-0.2, -0.15) is 0 Å². The number of hydrogen-bond donors (Lipinski definition) is 1. The Morgan fingerprint density at radius 3 is 3.05 bits per heavy atom. The minimum atomic E-state index is 0.669. The molecule has 0 bridgehead atoms. The van der Waals surface area contributed by atoms with E-state index in [0.29, 0.717) is 17.7 Å². The Morgan fingerprint density at radius 2 is 2.25 bits per heavy atom. The number of rotatable bonds is 5. The minimum Gasteiger partial charge on any atom is -0.491 e. The Morgan fingerprint density at radius 1 is 1.40 bits per heavy atom. The summed E-state index contributed by atoms with van der Waals surface area (Å²) in [5, 5.41) is 4.17. The summed E-state index contributed by atoms with van der Waals surface area (Å²) in [4.78, 5) is 2.41. The van der Waals surface area contributed by atoms with Crippen molar-refractivity contribution in [2.45, 2.75) is 25.3 Å². The molecule has 0 saturated carbocycles. The first-order valence-electron chi connectivity index (χ1n) is 7.15. The first-order chi connectivity index (χ1) is 9.66. The number of halogens is 2. The van der Waals surface area contributed by atoms with E-state index in [1.165, 1.54) is 19.3 Å². The average Bonchev–Trinajstić information content (AvgIpc) is 2.70. The smallest absolute Gasteiger partial charge is 0.133 e. The second kappa shape index (κ2) is 8.23. The molecule has 1 atom stereocenters. The molecule has 1 aliphatic heterocycles. The van der Waals surface area contributed by atoms with Crippen LogP contribution in [0.3, 0.4) is 0 Å². The van der Waals surface area contributed by atoms with Crippen LogP contribution in [0, 0.1) is 0 Å². The third kappa shape index (κ3) is 4.92. The van der Waals surface area contributed by atoms with Gasteiger partial charge in [-0.25, -0.2) is 0 Å². The van der Waals surface area contributed by atoms with E-state index in [1.807, 2.05) is 18.2 Å². The fraction of sp³-hybridized carbons (Fsp3) is 0.600. The van der Waals surface area contributed by atoms with Crippen LogP contribution in [0.15, 0.2) is 22.7 Å². The molecule has 1 aromatic rings. The highest BCUT2D eigenvalue weighted by Crippen LogP contribution is 2.27. The molecule has 1 aliphatic rings. The van der Waals surface area contributed by atoms with Crippen molar-refractivity contribution >= 4 is 27.5 Å². The Bertz CT molecular complexity index is 422. The first-order valence-corrected chi connectivity index (χ1v) is 8.33. The van der Waals surface area contributed by atoms with Crippen molar-refractivity contribution in [3.8, 4) is 5.75 Å². The first kappa shape index (κ1) is 16.1. The molecule has 1 heterocycles. The highest BCUT2D eigenvalue weighted by Gasteiger charge is 2.16. The van der Waals surface area contributed by atoms with E-state index >= 15 is 0 Å². The number of nitrogens with one attached hydrogen (secondary N) is 1. The van der Waals surface area contributed by atoms with Crippen LogP contribution in [-0.4, -0.2) is 44.2 Å². The van der Waals surface area contributed by atoms with Gasteiger partial charge in [0.1, 0.15) is 12.4 Å². The van der Waals surface area contributed by atoms with Crippen LogP contribution in [0.4, 0.5) is 0 Å². The van der Waals surface area contributed by atoms with Gasteiger partial charge in [0.2, 0.25) is 0 Å². The molecule has 0 aromatic heterocycles. The minimum absolute atomic E-state index is 0.669. The van der Waals surface area contributed by atoms with Crippen LogP contribution in [0.1, 0.15) is 19.3 Å². The Balaban J connectivity index is 1.76. The molecule has 112 valence electrons. The summed E-state index contributed by atoms with van der Waals surface area (Å²) in [6, 6.07) is 6.28. The maximum absolute atomic E-state index is 5.92. The maximum atomic E-state index is 5.92. The third-order valence-electron chi connectivity index (χ3n) is 3.76. The normalized spacial score (nSPS) is 19.9. The zero-order valence-corrected chi connectivity index (χ0v) is 14.2. The molecule has 1 N–H and O–H groups in total. The van der Waals surface area contributed by atoms with Crippen LogP contribution < -0.4 is 10.1 Å². The zero-order valence-electron chi connectivity index (χ0n) is 11.9. The van der Waals surface area contributed by atoms with E-state index in [2.05, 4.69) is 33.2 Å². The van der Waals surface area contributed by atoms with Crippen molar-refractivity contribution < 1.29 is 4.74 Å². The van der Waals surface area contributed by atoms with Crippen molar-refractivity contribution in [1.82, 2.24) is 10.2 Å². The zero-order chi connectivity index (χ0) is 14.4. The van der Waals surface area contributed by atoms with Crippen LogP contribution in [0.5, 0.6) is 5.75 Å². The van der Waals surface area contributed by atoms with Crippen LogP contribution in [0.2, 0.25) is 5.02 Å². The van der Waals surface area contributed by atoms with Crippen molar-refractivity contribution in [2.24, 2.45) is 0 Å². The predicted octanol–water partition coefficient (Wildman–Crippen LogP) is 3.56. The maximum Gasteiger partial charge on any atom is 0.133 e. The highest BCUT2D eigenvalue weighted by molar-refractivity contribution is 9.10. The SMILES string of the molecule is CN(CCOc1ccc(Cl)cc1Br)C1CCCNCC1. The van der Waals surface area contributed by atoms with Gasteiger partial charge in [-0.1, -0.05) is 11.6 Å². The van der Waals surface area contributed by atoms with Gasteiger partial charge in [0.05, 0.1) is 4.47 Å². The van der Waals surface area contributed by atoms with Gasteiger partial charge >= 0.3 is 0 Å². The average molecular weight is 362 g/mol. The van der Waals surface area contributed by atoms with Gasteiger partial charge in [0, 0.05) is 17.6 Å². The topological polar surface area (TPSA) is 24.5 Å². The quantitative estimate of drug-likeness (QED) is 0.868. The van der Waals surface area contributed by atoms with Crippen LogP contribution in [0.25, 0.3) is 0 Å². The van der Waals surface area contributed by atoms with Gasteiger partial charge in [-0.05, 0) is 73.5 Å². The molecule has 0 spiro atoms. The summed E-state index contributed by atoms with van der Waals surface area (Å²) in [6.45, 7) is 3.91. The summed E-state index contributed by atoms with van der Waals surface area (Å²) in [7, 11) is 2.19. The van der Waals surface area contributed by atoms with E-state index in [9.17, 15) is 0 Å². The fourth-order valence-corrected chi connectivity index (χ4v) is 3.31. The summed E-state index contributed by atoms with van der Waals surface area (Å²) >= 11 is 9.39. The second-order valence-corrected chi connectivity index (χ2v) is 6.53. The molecule has 2 rings (SSSR count). The third-order valence-corrected chi connectivity index (χ3v) is 4.62. The van der Waals surface area contributed by atoms with Crippen molar-refractivity contribution in [2.75, 3.05) is 33.3 Å². The molecule has 1 unspecified atom stereocenters. The lowest BCUT2D eigenvalue weighted by atomic mass is 10.1. The van der Waals surface area contributed by atoms with Crippen molar-refractivity contribution in [3.63, 3.8) is 0 Å². The molecule has 0 radical (unpaired) electrons. The van der Waals surface area contributed by atoms with Gasteiger partial charge in [0.15, 0.2) is 0 Å². The lowest BCUT2D eigenvalue weighted by Crippen LogP contribution is -2.35. The van der Waals surface area contributed by atoms with Crippen molar-refractivity contribution in [1.29, 1.82) is 0 Å². The highest BCUT2D eigenvalue weighted by atomic mass is 79.9. The molecule has 20 heavy (non-hydrogen) atoms. The Kier molecular flexibility index (Phi) is 6.62. The monoisotopic (exact) mass is 360 g/mol. The molecule has 1 fully saturated rings. The molecule has 1 saturated heterocycles. The van der Waals surface area contributed by atoms with Gasteiger partial charge in [-0.15, -0.1) is 0 Å².